The van der Waals surface area contributed by atoms with Crippen molar-refractivity contribution in [1.29, 1.82) is 0 Å². The highest BCUT2D eigenvalue weighted by Crippen LogP contribution is 2.04. The quantitative estimate of drug-likeness (QED) is 0.503. The molecule has 0 aromatic carbocycles. The van der Waals surface area contributed by atoms with Gasteiger partial charge in [0.15, 0.2) is 11.9 Å². The second-order valence-electron chi connectivity index (χ2n) is 2.09. The number of ether oxygens (including phenoxy) is 1. The van der Waals surface area contributed by atoms with Crippen LogP contribution in [0.1, 0.15) is 17.4 Å². The molecular weight excluding hydrogens is 170 g/mol. The molecule has 1 aromatic rings. The van der Waals surface area contributed by atoms with Gasteiger partial charge in [0.1, 0.15) is 0 Å². The Morgan fingerprint density at radius 2 is 2.38 bits per heavy atom. The molecule has 0 bridgehead atoms. The largest absolute Gasteiger partial charge is 0.461 e. The van der Waals surface area contributed by atoms with Crippen LogP contribution >= 0.6 is 0 Å². The maximum Gasteiger partial charge on any atom is 0.360 e. The van der Waals surface area contributed by atoms with Gasteiger partial charge in [-0.2, -0.15) is 0 Å². The van der Waals surface area contributed by atoms with E-state index in [0.717, 1.165) is 0 Å². The van der Waals surface area contributed by atoms with Crippen LogP contribution in [0.5, 0.6) is 0 Å². The Morgan fingerprint density at radius 3 is 2.85 bits per heavy atom. The Morgan fingerprint density at radius 1 is 1.62 bits per heavy atom. The van der Waals surface area contributed by atoms with Crippen LogP contribution in [0.3, 0.4) is 0 Å². The summed E-state index contributed by atoms with van der Waals surface area (Å²) in [5, 5.41) is 0. The topological polar surface area (TPSA) is 56.4 Å². The molecule has 5 nitrogen and oxygen atoms in total. The number of hydrogen-bond donors (Lipinski definition) is 0. The average molecular weight is 177 g/mol. The van der Waals surface area contributed by atoms with Crippen LogP contribution in [0, 0.1) is 6.57 Å². The van der Waals surface area contributed by atoms with Gasteiger partial charge >= 0.3 is 5.97 Å². The predicted molar refractivity (Wildman–Crippen MR) is 44.3 cm³/mol. The Labute approximate surface area is 75.2 Å². The number of hydrogen-bond acceptors (Lipinski definition) is 4. The standard InChI is InChI=1S/C8H7N3O2/c1-3-13-8(12)6-4-11-7(9-2)5-10-6/h4-5H,3H2,1H3. The minimum atomic E-state index is -0.522. The number of carbonyl (C=O) groups is 1. The zero-order valence-electron chi connectivity index (χ0n) is 7.02. The van der Waals surface area contributed by atoms with Crippen LogP contribution < -0.4 is 0 Å². The Hall–Kier alpha value is -1.96. The van der Waals surface area contributed by atoms with E-state index < -0.39 is 5.97 Å². The zero-order chi connectivity index (χ0) is 9.68. The molecule has 0 radical (unpaired) electrons. The minimum absolute atomic E-state index is 0.120. The SMILES string of the molecule is [C-]#[N+]c1cnc(C(=O)OCC)cn1. The molecule has 0 saturated heterocycles. The van der Waals surface area contributed by atoms with Gasteiger partial charge < -0.3 is 9.58 Å². The summed E-state index contributed by atoms with van der Waals surface area (Å²) in [7, 11) is 0. The van der Waals surface area contributed by atoms with Gasteiger partial charge in [0.2, 0.25) is 0 Å². The summed E-state index contributed by atoms with van der Waals surface area (Å²) in [4.78, 5) is 21.5. The van der Waals surface area contributed by atoms with E-state index in [1.54, 1.807) is 6.92 Å². The van der Waals surface area contributed by atoms with Crippen molar-refractivity contribution in [2.75, 3.05) is 6.61 Å². The summed E-state index contributed by atoms with van der Waals surface area (Å²) in [6.45, 7) is 8.61. The van der Waals surface area contributed by atoms with Crippen molar-refractivity contribution < 1.29 is 9.53 Å². The van der Waals surface area contributed by atoms with Crippen molar-refractivity contribution in [3.05, 3.63) is 29.5 Å². The van der Waals surface area contributed by atoms with Gasteiger partial charge in [0.25, 0.3) is 5.82 Å². The van der Waals surface area contributed by atoms with Crippen molar-refractivity contribution in [1.82, 2.24) is 9.97 Å². The van der Waals surface area contributed by atoms with E-state index in [4.69, 9.17) is 6.57 Å². The highest BCUT2D eigenvalue weighted by molar-refractivity contribution is 5.86. The molecule has 0 spiro atoms. The molecule has 0 aliphatic carbocycles. The molecule has 66 valence electrons. The smallest absolute Gasteiger partial charge is 0.360 e. The molecule has 0 aliphatic rings. The van der Waals surface area contributed by atoms with Gasteiger partial charge in [0.05, 0.1) is 12.8 Å². The number of esters is 1. The first-order chi connectivity index (χ1) is 6.27. The summed E-state index contributed by atoms with van der Waals surface area (Å²) < 4.78 is 4.68. The van der Waals surface area contributed by atoms with Gasteiger partial charge in [-0.05, 0) is 6.92 Å². The molecule has 1 rings (SSSR count). The summed E-state index contributed by atoms with van der Waals surface area (Å²) in [5.74, 6) is -0.362. The lowest BCUT2D eigenvalue weighted by Crippen LogP contribution is -2.06. The molecule has 1 aromatic heterocycles. The molecule has 0 atom stereocenters. The molecule has 0 N–H and O–H groups in total. The molecule has 5 heteroatoms. The van der Waals surface area contributed by atoms with Crippen LogP contribution in [-0.4, -0.2) is 22.5 Å². The van der Waals surface area contributed by atoms with E-state index in [-0.39, 0.29) is 11.5 Å². The average Bonchev–Trinajstić information content (AvgIpc) is 2.18. The van der Waals surface area contributed by atoms with Crippen molar-refractivity contribution in [2.24, 2.45) is 0 Å². The third-order valence-electron chi connectivity index (χ3n) is 1.24. The molecule has 13 heavy (non-hydrogen) atoms. The summed E-state index contributed by atoms with van der Waals surface area (Å²) >= 11 is 0. The highest BCUT2D eigenvalue weighted by Gasteiger charge is 2.09. The first-order valence-electron chi connectivity index (χ1n) is 3.64. The number of nitrogens with zero attached hydrogens (tertiary/aromatic N) is 3. The maximum atomic E-state index is 11.0. The minimum Gasteiger partial charge on any atom is -0.461 e. The monoisotopic (exact) mass is 177 g/mol. The Bertz CT molecular complexity index is 339. The van der Waals surface area contributed by atoms with Crippen LogP contribution in [0.25, 0.3) is 4.85 Å². The number of carbonyl (C=O) groups excluding carboxylic acids is 1. The second kappa shape index (κ2) is 4.16. The lowest BCUT2D eigenvalue weighted by atomic mass is 10.4. The molecule has 0 saturated carbocycles. The van der Waals surface area contributed by atoms with E-state index in [2.05, 4.69) is 19.5 Å². The van der Waals surface area contributed by atoms with Crippen molar-refractivity contribution in [3.63, 3.8) is 0 Å². The van der Waals surface area contributed by atoms with Crippen LogP contribution in [0.15, 0.2) is 12.4 Å². The van der Waals surface area contributed by atoms with Gasteiger partial charge in [-0.25, -0.2) is 4.79 Å². The van der Waals surface area contributed by atoms with E-state index in [1.165, 1.54) is 12.4 Å². The first-order valence-corrected chi connectivity index (χ1v) is 3.64. The number of rotatable bonds is 2. The van der Waals surface area contributed by atoms with Crippen LogP contribution in [0.2, 0.25) is 0 Å². The van der Waals surface area contributed by atoms with Crippen LogP contribution in [-0.2, 0) is 4.74 Å². The van der Waals surface area contributed by atoms with E-state index in [9.17, 15) is 4.79 Å². The second-order valence-corrected chi connectivity index (χ2v) is 2.09. The van der Waals surface area contributed by atoms with Gasteiger partial charge in [0, 0.05) is 0 Å². The molecule has 0 aliphatic heterocycles. The van der Waals surface area contributed by atoms with Crippen LogP contribution in [0.4, 0.5) is 5.82 Å². The van der Waals surface area contributed by atoms with Crippen molar-refractivity contribution in [3.8, 4) is 0 Å². The van der Waals surface area contributed by atoms with E-state index >= 15 is 0 Å². The van der Waals surface area contributed by atoms with Crippen molar-refractivity contribution in [2.45, 2.75) is 6.92 Å². The predicted octanol–water partition coefficient (Wildman–Crippen LogP) is 1.20. The van der Waals surface area contributed by atoms with Gasteiger partial charge in [-0.15, -0.1) is 4.98 Å². The molecular formula is C8H7N3O2. The maximum absolute atomic E-state index is 11.0. The third kappa shape index (κ3) is 2.24. The summed E-state index contributed by atoms with van der Waals surface area (Å²) in [5.41, 5.74) is 0.120. The highest BCUT2D eigenvalue weighted by atomic mass is 16.5. The molecule has 0 unspecified atom stereocenters. The first kappa shape index (κ1) is 9.13. The fourth-order valence-electron chi connectivity index (χ4n) is 0.689. The molecule has 1 heterocycles. The van der Waals surface area contributed by atoms with Gasteiger partial charge in [-0.1, -0.05) is 6.57 Å². The number of aromatic nitrogens is 2. The fraction of sp³-hybridized carbons (Fsp3) is 0.250. The van der Waals surface area contributed by atoms with Crippen molar-refractivity contribution >= 4 is 11.8 Å². The molecule has 0 amide bonds. The third-order valence-corrected chi connectivity index (χ3v) is 1.24. The fourth-order valence-corrected chi connectivity index (χ4v) is 0.689. The summed E-state index contributed by atoms with van der Waals surface area (Å²) in [6.07, 6.45) is 2.46. The lowest BCUT2D eigenvalue weighted by molar-refractivity contribution is 0.0519. The Balaban J connectivity index is 2.81. The van der Waals surface area contributed by atoms with Gasteiger partial charge in [-0.3, -0.25) is 4.98 Å². The lowest BCUT2D eigenvalue weighted by Gasteiger charge is -1.97. The van der Waals surface area contributed by atoms with E-state index in [1.807, 2.05) is 0 Å². The van der Waals surface area contributed by atoms with E-state index in [0.29, 0.717) is 6.61 Å². The Kier molecular flexibility index (Phi) is 2.92. The zero-order valence-corrected chi connectivity index (χ0v) is 7.02. The normalized spacial score (nSPS) is 8.92. The molecule has 0 fully saturated rings. The summed E-state index contributed by atoms with van der Waals surface area (Å²) in [6, 6.07) is 0.